The van der Waals surface area contributed by atoms with Gasteiger partial charge in [0.1, 0.15) is 0 Å². The number of nitrogens with one attached hydrogen (secondary N) is 1. The van der Waals surface area contributed by atoms with Crippen molar-refractivity contribution in [1.82, 2.24) is 5.32 Å². The lowest BCUT2D eigenvalue weighted by Crippen LogP contribution is -2.45. The Labute approximate surface area is 526 Å². The first kappa shape index (κ1) is 82.3. The van der Waals surface area contributed by atoms with Crippen molar-refractivity contribution in [3.05, 3.63) is 24.3 Å². The average Bonchev–Trinajstić information content (AvgIpc) is 3.53. The number of hydrogen-bond donors (Lipinski definition) is 3. The first-order valence-corrected chi connectivity index (χ1v) is 38.6. The molecule has 6 nitrogen and oxygen atoms in total. The summed E-state index contributed by atoms with van der Waals surface area (Å²) in [5.74, 6) is -0.0133. The number of rotatable bonds is 73. The number of unbranched alkanes of at least 4 members (excludes halogenated alkanes) is 58. The van der Waals surface area contributed by atoms with Gasteiger partial charge in [0.05, 0.1) is 25.4 Å². The Bertz CT molecular complexity index is 1320. The van der Waals surface area contributed by atoms with E-state index in [2.05, 4.69) is 43.5 Å². The van der Waals surface area contributed by atoms with Gasteiger partial charge in [-0.25, -0.2) is 0 Å². The molecule has 0 saturated carbocycles. The zero-order chi connectivity index (χ0) is 60.6. The molecule has 0 aliphatic heterocycles. The molecule has 0 aromatic rings. The van der Waals surface area contributed by atoms with Gasteiger partial charge in [0, 0.05) is 12.8 Å². The highest BCUT2D eigenvalue weighted by Gasteiger charge is 2.20. The first-order chi connectivity index (χ1) is 41.5. The normalized spacial score (nSPS) is 12.6. The summed E-state index contributed by atoms with van der Waals surface area (Å²) in [7, 11) is 0. The molecule has 0 heterocycles. The van der Waals surface area contributed by atoms with Crippen LogP contribution in [0.2, 0.25) is 0 Å². The van der Waals surface area contributed by atoms with E-state index in [1.807, 2.05) is 0 Å². The Morgan fingerprint density at radius 3 is 0.845 bits per heavy atom. The number of allylic oxidation sites excluding steroid dienone is 4. The first-order valence-electron chi connectivity index (χ1n) is 38.6. The van der Waals surface area contributed by atoms with Gasteiger partial charge in [0.15, 0.2) is 0 Å². The number of esters is 1. The minimum atomic E-state index is -0.661. The number of aliphatic hydroxyl groups is 2. The maximum absolute atomic E-state index is 12.5. The maximum atomic E-state index is 12.5. The summed E-state index contributed by atoms with van der Waals surface area (Å²) < 4.78 is 5.50. The monoisotopic (exact) mass is 1180 g/mol. The summed E-state index contributed by atoms with van der Waals surface area (Å²) in [6.07, 6.45) is 94.1. The summed E-state index contributed by atoms with van der Waals surface area (Å²) in [4.78, 5) is 24.6. The molecule has 0 radical (unpaired) electrons. The lowest BCUT2D eigenvalue weighted by Gasteiger charge is -2.22. The molecule has 0 bridgehead atoms. The van der Waals surface area contributed by atoms with Crippen LogP contribution in [0.5, 0.6) is 0 Å². The highest BCUT2D eigenvalue weighted by molar-refractivity contribution is 5.76. The predicted octanol–water partition coefficient (Wildman–Crippen LogP) is 25.3. The van der Waals surface area contributed by atoms with Crippen LogP contribution >= 0.6 is 0 Å². The summed E-state index contributed by atoms with van der Waals surface area (Å²) in [6, 6.07) is -0.538. The number of carbonyl (C=O) groups excluding carboxylic acids is 2. The number of ether oxygens (including phenoxy) is 1. The van der Waals surface area contributed by atoms with Gasteiger partial charge in [-0.3, -0.25) is 9.59 Å². The second-order valence-corrected chi connectivity index (χ2v) is 26.7. The van der Waals surface area contributed by atoms with E-state index >= 15 is 0 Å². The van der Waals surface area contributed by atoms with E-state index in [0.29, 0.717) is 25.9 Å². The molecule has 0 aliphatic rings. The minimum absolute atomic E-state index is 0.0143. The average molecular weight is 1180 g/mol. The van der Waals surface area contributed by atoms with Crippen LogP contribution in [0.15, 0.2) is 24.3 Å². The molecular weight excluding hydrogens is 1030 g/mol. The van der Waals surface area contributed by atoms with E-state index in [1.54, 1.807) is 0 Å². The third-order valence-corrected chi connectivity index (χ3v) is 18.2. The van der Waals surface area contributed by atoms with Crippen molar-refractivity contribution < 1.29 is 24.5 Å². The fourth-order valence-electron chi connectivity index (χ4n) is 12.3. The Morgan fingerprint density at radius 2 is 0.560 bits per heavy atom. The zero-order valence-corrected chi connectivity index (χ0v) is 57.2. The van der Waals surface area contributed by atoms with Gasteiger partial charge in [-0.15, -0.1) is 0 Å². The van der Waals surface area contributed by atoms with E-state index in [0.717, 1.165) is 44.9 Å². The van der Waals surface area contributed by atoms with Crippen LogP contribution in [-0.4, -0.2) is 47.4 Å². The van der Waals surface area contributed by atoms with Crippen LogP contribution in [0, 0.1) is 0 Å². The van der Waals surface area contributed by atoms with Crippen molar-refractivity contribution in [2.24, 2.45) is 0 Å². The third-order valence-electron chi connectivity index (χ3n) is 18.2. The number of amides is 1. The summed E-state index contributed by atoms with van der Waals surface area (Å²) >= 11 is 0. The summed E-state index contributed by atoms with van der Waals surface area (Å²) in [5.41, 5.74) is 0. The number of hydrogen-bond acceptors (Lipinski definition) is 5. The summed E-state index contributed by atoms with van der Waals surface area (Å²) in [5, 5.41) is 23.4. The molecule has 1 amide bonds. The SMILES string of the molecule is CCCCCCCC/C=C\CCCCCCCC(=O)OCCCCCCCCCCCCCCCCCC/C=C\CCCCCCCCCCCCCCCCCCCC(=O)NC(CO)C(O)CCCCCCCCCCCCCCCCC. The van der Waals surface area contributed by atoms with Gasteiger partial charge in [-0.05, 0) is 77.0 Å². The molecule has 0 fully saturated rings. The van der Waals surface area contributed by atoms with Crippen molar-refractivity contribution in [1.29, 1.82) is 0 Å². The van der Waals surface area contributed by atoms with Crippen LogP contribution < -0.4 is 5.32 Å². The van der Waals surface area contributed by atoms with Gasteiger partial charge in [0.2, 0.25) is 5.91 Å². The van der Waals surface area contributed by atoms with Crippen molar-refractivity contribution in [3.63, 3.8) is 0 Å². The van der Waals surface area contributed by atoms with Crippen LogP contribution in [-0.2, 0) is 14.3 Å². The van der Waals surface area contributed by atoms with E-state index in [1.165, 1.54) is 360 Å². The Hall–Kier alpha value is -1.66. The largest absolute Gasteiger partial charge is 0.466 e. The molecule has 498 valence electrons. The smallest absolute Gasteiger partial charge is 0.305 e. The second kappa shape index (κ2) is 73.8. The fourth-order valence-corrected chi connectivity index (χ4v) is 12.3. The standard InChI is InChI=1S/C78H151NO5/c1-3-5-7-9-11-13-15-17-42-46-50-54-58-62-66-70-76(81)75(74-80)79-77(82)71-67-63-59-55-51-47-44-40-38-36-34-32-30-28-26-24-22-20-19-21-23-25-27-29-31-33-35-37-39-41-45-49-53-57-61-65-69-73-84-78(83)72-68-64-60-56-52-48-43-18-16-14-12-10-8-6-4-2/h18-19,21,43,75-76,80-81H,3-17,20,22-42,44-74H2,1-2H3,(H,79,82)/b21-19-,43-18-. The van der Waals surface area contributed by atoms with Crippen molar-refractivity contribution in [3.8, 4) is 0 Å². The number of aliphatic hydroxyl groups excluding tert-OH is 2. The van der Waals surface area contributed by atoms with E-state index in [4.69, 9.17) is 4.74 Å². The van der Waals surface area contributed by atoms with Crippen molar-refractivity contribution in [2.75, 3.05) is 13.2 Å². The highest BCUT2D eigenvalue weighted by Crippen LogP contribution is 2.20. The molecule has 3 N–H and O–H groups in total. The van der Waals surface area contributed by atoms with E-state index in [9.17, 15) is 19.8 Å². The molecule has 0 aromatic heterocycles. The Morgan fingerprint density at radius 1 is 0.321 bits per heavy atom. The zero-order valence-electron chi connectivity index (χ0n) is 57.2. The fraction of sp³-hybridized carbons (Fsp3) is 0.923. The van der Waals surface area contributed by atoms with Crippen LogP contribution in [0.4, 0.5) is 0 Å². The molecule has 2 atom stereocenters. The Kier molecular flexibility index (Phi) is 72.3. The van der Waals surface area contributed by atoms with Crippen molar-refractivity contribution >= 4 is 11.9 Å². The quantitative estimate of drug-likeness (QED) is 0.0320. The minimum Gasteiger partial charge on any atom is -0.466 e. The van der Waals surface area contributed by atoms with Crippen LogP contribution in [0.1, 0.15) is 438 Å². The van der Waals surface area contributed by atoms with Crippen LogP contribution in [0.3, 0.4) is 0 Å². The van der Waals surface area contributed by atoms with Gasteiger partial charge in [-0.2, -0.15) is 0 Å². The predicted molar refractivity (Wildman–Crippen MR) is 370 cm³/mol. The van der Waals surface area contributed by atoms with Crippen LogP contribution in [0.25, 0.3) is 0 Å². The molecule has 6 heteroatoms. The molecule has 0 aliphatic carbocycles. The van der Waals surface area contributed by atoms with E-state index in [-0.39, 0.29) is 18.5 Å². The molecule has 2 unspecified atom stereocenters. The highest BCUT2D eigenvalue weighted by atomic mass is 16.5. The van der Waals surface area contributed by atoms with Crippen molar-refractivity contribution in [2.45, 2.75) is 450 Å². The molecule has 0 rings (SSSR count). The topological polar surface area (TPSA) is 95.9 Å². The number of carbonyl (C=O) groups is 2. The lowest BCUT2D eigenvalue weighted by molar-refractivity contribution is -0.143. The maximum Gasteiger partial charge on any atom is 0.305 e. The Balaban J connectivity index is 3.32. The van der Waals surface area contributed by atoms with Gasteiger partial charge in [0.25, 0.3) is 0 Å². The molecule has 0 aromatic carbocycles. The molecule has 0 spiro atoms. The molecular formula is C78H151NO5. The third kappa shape index (κ3) is 69.4. The van der Waals surface area contributed by atoms with E-state index < -0.39 is 12.1 Å². The molecule has 0 saturated heterocycles. The lowest BCUT2D eigenvalue weighted by atomic mass is 10.0. The van der Waals surface area contributed by atoms with Gasteiger partial charge < -0.3 is 20.3 Å². The summed E-state index contributed by atoms with van der Waals surface area (Å²) in [6.45, 7) is 4.99. The van der Waals surface area contributed by atoms with Gasteiger partial charge >= 0.3 is 5.97 Å². The van der Waals surface area contributed by atoms with Gasteiger partial charge in [-0.1, -0.05) is 372 Å². The molecule has 84 heavy (non-hydrogen) atoms. The second-order valence-electron chi connectivity index (χ2n) is 26.7.